The topological polar surface area (TPSA) is 36.4 Å². The van der Waals surface area contributed by atoms with E-state index < -0.39 is 0 Å². The number of carbonyl (C=O) groups excluding carboxylic acids is 1. The summed E-state index contributed by atoms with van der Waals surface area (Å²) in [7, 11) is 2.10. The first-order valence-electron chi connectivity index (χ1n) is 6.60. The van der Waals surface area contributed by atoms with E-state index in [0.29, 0.717) is 5.92 Å². The van der Waals surface area contributed by atoms with E-state index in [9.17, 15) is 4.79 Å². The van der Waals surface area contributed by atoms with Crippen molar-refractivity contribution in [2.24, 2.45) is 0 Å². The van der Waals surface area contributed by atoms with Gasteiger partial charge in [-0.2, -0.15) is 0 Å². The molecular formula is C13H19N3OS. The minimum absolute atomic E-state index is 0.185. The van der Waals surface area contributed by atoms with Crippen molar-refractivity contribution >= 4 is 17.2 Å². The molecule has 0 spiro atoms. The fraction of sp³-hybridized carbons (Fsp3) is 0.692. The summed E-state index contributed by atoms with van der Waals surface area (Å²) in [5, 5.41) is 1.17. The number of carbonyl (C=O) groups is 1. The zero-order valence-electron chi connectivity index (χ0n) is 11.0. The molecule has 0 radical (unpaired) electrons. The second kappa shape index (κ2) is 4.63. The highest BCUT2D eigenvalue weighted by Gasteiger charge is 2.30. The van der Waals surface area contributed by atoms with Crippen LogP contribution in [0.3, 0.4) is 0 Å². The van der Waals surface area contributed by atoms with E-state index in [2.05, 4.69) is 16.9 Å². The molecular weight excluding hydrogens is 246 g/mol. The van der Waals surface area contributed by atoms with Gasteiger partial charge in [-0.25, -0.2) is 4.98 Å². The monoisotopic (exact) mass is 265 g/mol. The lowest BCUT2D eigenvalue weighted by Gasteiger charge is -2.32. The molecule has 1 saturated carbocycles. The van der Waals surface area contributed by atoms with Gasteiger partial charge in [-0.05, 0) is 26.8 Å². The number of aryl methyl sites for hydroxylation is 1. The fourth-order valence-electron chi connectivity index (χ4n) is 2.27. The highest BCUT2D eigenvalue weighted by molar-refractivity contribution is 7.13. The third-order valence-corrected chi connectivity index (χ3v) is 5.03. The van der Waals surface area contributed by atoms with E-state index in [1.54, 1.807) is 11.3 Å². The molecule has 0 N–H and O–H groups in total. The Labute approximate surface area is 112 Å². The number of rotatable bonds is 2. The van der Waals surface area contributed by atoms with Gasteiger partial charge in [-0.1, -0.05) is 0 Å². The molecule has 1 saturated heterocycles. The average Bonchev–Trinajstić information content (AvgIpc) is 3.13. The van der Waals surface area contributed by atoms with Gasteiger partial charge < -0.3 is 9.80 Å². The number of thiazole rings is 1. The molecule has 3 rings (SSSR count). The average molecular weight is 265 g/mol. The largest absolute Gasteiger partial charge is 0.335 e. The molecule has 1 aromatic heterocycles. The summed E-state index contributed by atoms with van der Waals surface area (Å²) >= 11 is 1.62. The Hall–Kier alpha value is -0.940. The van der Waals surface area contributed by atoms with Gasteiger partial charge in [0.25, 0.3) is 5.91 Å². The zero-order valence-corrected chi connectivity index (χ0v) is 11.8. The maximum Gasteiger partial charge on any atom is 0.265 e. The lowest BCUT2D eigenvalue weighted by Crippen LogP contribution is -2.47. The summed E-state index contributed by atoms with van der Waals surface area (Å²) in [4.78, 5) is 22.1. The lowest BCUT2D eigenvalue weighted by atomic mass is 10.3. The van der Waals surface area contributed by atoms with Crippen molar-refractivity contribution in [2.45, 2.75) is 25.7 Å². The molecule has 1 aromatic rings. The van der Waals surface area contributed by atoms with Crippen molar-refractivity contribution < 1.29 is 4.79 Å². The number of hydrogen-bond acceptors (Lipinski definition) is 4. The molecule has 0 atom stereocenters. The first kappa shape index (κ1) is 12.1. The maximum absolute atomic E-state index is 12.5. The van der Waals surface area contributed by atoms with Crippen molar-refractivity contribution in [1.29, 1.82) is 0 Å². The molecule has 4 nitrogen and oxygen atoms in total. The van der Waals surface area contributed by atoms with E-state index in [1.807, 2.05) is 11.8 Å². The fourth-order valence-corrected chi connectivity index (χ4v) is 3.48. The predicted octanol–water partition coefficient (Wildman–Crippen LogP) is 1.72. The van der Waals surface area contributed by atoms with Crippen LogP contribution in [0, 0.1) is 6.92 Å². The summed E-state index contributed by atoms with van der Waals surface area (Å²) in [5.41, 5.74) is 0.922. The van der Waals surface area contributed by atoms with Gasteiger partial charge in [0.1, 0.15) is 4.88 Å². The van der Waals surface area contributed by atoms with E-state index in [4.69, 9.17) is 0 Å². The van der Waals surface area contributed by atoms with Gasteiger partial charge in [0.15, 0.2) is 0 Å². The molecule has 2 fully saturated rings. The Kier molecular flexibility index (Phi) is 3.11. The molecule has 0 bridgehead atoms. The molecule has 2 aliphatic rings. The van der Waals surface area contributed by atoms with Gasteiger partial charge in [-0.15, -0.1) is 11.3 Å². The molecule has 18 heavy (non-hydrogen) atoms. The Morgan fingerprint density at radius 2 is 1.94 bits per heavy atom. The molecule has 1 amide bonds. The molecule has 1 aliphatic heterocycles. The molecule has 98 valence electrons. The Morgan fingerprint density at radius 1 is 1.28 bits per heavy atom. The quantitative estimate of drug-likeness (QED) is 0.817. The van der Waals surface area contributed by atoms with Crippen molar-refractivity contribution in [2.75, 3.05) is 33.2 Å². The number of likely N-dealkylation sites (N-methyl/N-ethyl adjacent to an activating group) is 1. The Bertz CT molecular complexity index is 459. The normalized spacial score (nSPS) is 21.3. The Balaban J connectivity index is 1.75. The van der Waals surface area contributed by atoms with Gasteiger partial charge in [-0.3, -0.25) is 4.79 Å². The number of aromatic nitrogens is 1. The van der Waals surface area contributed by atoms with E-state index in [-0.39, 0.29) is 5.91 Å². The second-order valence-electron chi connectivity index (χ2n) is 5.34. The minimum atomic E-state index is 0.185. The van der Waals surface area contributed by atoms with Crippen LogP contribution in [-0.4, -0.2) is 53.9 Å². The smallest absolute Gasteiger partial charge is 0.265 e. The summed E-state index contributed by atoms with van der Waals surface area (Å²) in [5.74, 6) is 0.827. The van der Waals surface area contributed by atoms with Crippen molar-refractivity contribution in [3.05, 3.63) is 15.6 Å². The van der Waals surface area contributed by atoms with Gasteiger partial charge in [0.2, 0.25) is 0 Å². The standard InChI is InChI=1S/C13H19N3OS/c1-9-11(18-12(14-9)10-3-4-10)13(17)16-7-5-15(2)6-8-16/h10H,3-8H2,1-2H3. The van der Waals surface area contributed by atoms with Crippen LogP contribution in [0.5, 0.6) is 0 Å². The van der Waals surface area contributed by atoms with Crippen LogP contribution in [0.1, 0.15) is 39.1 Å². The molecule has 0 aromatic carbocycles. The van der Waals surface area contributed by atoms with E-state index >= 15 is 0 Å². The van der Waals surface area contributed by atoms with E-state index in [0.717, 1.165) is 36.8 Å². The summed E-state index contributed by atoms with van der Waals surface area (Å²) < 4.78 is 0. The first-order valence-corrected chi connectivity index (χ1v) is 7.42. The number of piperazine rings is 1. The lowest BCUT2D eigenvalue weighted by molar-refractivity contribution is 0.0668. The predicted molar refractivity (Wildman–Crippen MR) is 72.2 cm³/mol. The SMILES string of the molecule is Cc1nc(C2CC2)sc1C(=O)N1CCN(C)CC1. The summed E-state index contributed by atoms with van der Waals surface area (Å²) in [6, 6.07) is 0. The molecule has 1 aliphatic carbocycles. The van der Waals surface area contributed by atoms with Crippen LogP contribution in [-0.2, 0) is 0 Å². The molecule has 2 heterocycles. The molecule has 5 heteroatoms. The summed E-state index contributed by atoms with van der Waals surface area (Å²) in [6.07, 6.45) is 2.49. The third kappa shape index (κ3) is 2.29. The third-order valence-electron chi connectivity index (χ3n) is 3.72. The second-order valence-corrected chi connectivity index (χ2v) is 6.37. The Morgan fingerprint density at radius 3 is 2.56 bits per heavy atom. The number of hydrogen-bond donors (Lipinski definition) is 0. The van der Waals surface area contributed by atoms with Crippen molar-refractivity contribution in [1.82, 2.24) is 14.8 Å². The van der Waals surface area contributed by atoms with E-state index in [1.165, 1.54) is 17.8 Å². The zero-order chi connectivity index (χ0) is 12.7. The highest BCUT2D eigenvalue weighted by Crippen LogP contribution is 2.42. The van der Waals surface area contributed by atoms with Crippen LogP contribution >= 0.6 is 11.3 Å². The van der Waals surface area contributed by atoms with Crippen LogP contribution < -0.4 is 0 Å². The van der Waals surface area contributed by atoms with Crippen molar-refractivity contribution in [3.8, 4) is 0 Å². The van der Waals surface area contributed by atoms with Gasteiger partial charge >= 0.3 is 0 Å². The van der Waals surface area contributed by atoms with Gasteiger partial charge in [0, 0.05) is 32.1 Å². The summed E-state index contributed by atoms with van der Waals surface area (Å²) in [6.45, 7) is 5.58. The maximum atomic E-state index is 12.5. The van der Waals surface area contributed by atoms with Gasteiger partial charge in [0.05, 0.1) is 10.7 Å². The number of nitrogens with zero attached hydrogens (tertiary/aromatic N) is 3. The van der Waals surface area contributed by atoms with Crippen LogP contribution in [0.4, 0.5) is 0 Å². The number of amides is 1. The van der Waals surface area contributed by atoms with Crippen LogP contribution in [0.2, 0.25) is 0 Å². The van der Waals surface area contributed by atoms with Crippen molar-refractivity contribution in [3.63, 3.8) is 0 Å². The first-order chi connectivity index (χ1) is 8.65. The minimum Gasteiger partial charge on any atom is -0.335 e. The van der Waals surface area contributed by atoms with Crippen LogP contribution in [0.25, 0.3) is 0 Å². The molecule has 0 unspecified atom stereocenters. The van der Waals surface area contributed by atoms with Crippen LogP contribution in [0.15, 0.2) is 0 Å². The highest BCUT2D eigenvalue weighted by atomic mass is 32.1.